The largest absolute Gasteiger partial charge is 0.417 e. The Morgan fingerprint density at radius 3 is 2.55 bits per heavy atom. The van der Waals surface area contributed by atoms with Gasteiger partial charge in [-0.3, -0.25) is 14.5 Å². The molecule has 2 aromatic carbocycles. The Bertz CT molecular complexity index is 1210. The molecule has 1 aliphatic heterocycles. The molecule has 0 fully saturated rings. The van der Waals surface area contributed by atoms with E-state index in [-0.39, 0.29) is 21.8 Å². The number of aromatic nitrogens is 2. The van der Waals surface area contributed by atoms with E-state index in [2.05, 4.69) is 15.4 Å². The Morgan fingerprint density at radius 2 is 1.90 bits per heavy atom. The third-order valence-electron chi connectivity index (χ3n) is 4.81. The third-order valence-corrected chi connectivity index (χ3v) is 5.12. The summed E-state index contributed by atoms with van der Waals surface area (Å²) in [4.78, 5) is 17.1. The number of aliphatic imine (C=N–C) groups is 1. The number of alkyl halides is 3. The molecule has 2 heterocycles. The van der Waals surface area contributed by atoms with Crippen molar-refractivity contribution in [2.45, 2.75) is 6.18 Å². The highest BCUT2D eigenvalue weighted by Crippen LogP contribution is 2.39. The number of hydrogen-bond acceptors (Lipinski definition) is 3. The summed E-state index contributed by atoms with van der Waals surface area (Å²) < 4.78 is 42.2. The van der Waals surface area contributed by atoms with Crippen molar-refractivity contribution >= 4 is 29.3 Å². The van der Waals surface area contributed by atoms with Crippen LogP contribution in [0.15, 0.2) is 65.4 Å². The van der Waals surface area contributed by atoms with Crippen LogP contribution < -0.4 is 5.32 Å². The van der Waals surface area contributed by atoms with Crippen LogP contribution in [0.5, 0.6) is 0 Å². The van der Waals surface area contributed by atoms with Crippen LogP contribution in [0.4, 0.5) is 13.2 Å². The number of aryl methyl sites for hydroxylation is 1. The zero-order chi connectivity index (χ0) is 22.2. The number of rotatable bonds is 4. The van der Waals surface area contributed by atoms with Crippen molar-refractivity contribution in [1.29, 1.82) is 0 Å². The molecule has 0 bridgehead atoms. The van der Waals surface area contributed by atoms with Gasteiger partial charge in [0, 0.05) is 30.6 Å². The van der Waals surface area contributed by atoms with E-state index >= 15 is 0 Å². The van der Waals surface area contributed by atoms with Crippen LogP contribution in [0.25, 0.3) is 16.8 Å². The standard InChI is InChI=1S/C22H16ClF3N4O/c1-30-8-7-19(29-30)14-9-15(18(23)10-17(14)22(24,25)26)21(31)28-20-12-27-11-16(20)13-5-3-2-4-6-13/h2-10,12H,11H2,1H3,(H,28,31). The highest BCUT2D eigenvalue weighted by atomic mass is 35.5. The van der Waals surface area contributed by atoms with Gasteiger partial charge in [-0.1, -0.05) is 41.9 Å². The van der Waals surface area contributed by atoms with Crippen LogP contribution in [-0.2, 0) is 13.2 Å². The Labute approximate surface area is 180 Å². The van der Waals surface area contributed by atoms with E-state index in [1.165, 1.54) is 23.2 Å². The lowest BCUT2D eigenvalue weighted by molar-refractivity contribution is -0.137. The summed E-state index contributed by atoms with van der Waals surface area (Å²) >= 11 is 6.10. The summed E-state index contributed by atoms with van der Waals surface area (Å²) in [6.07, 6.45) is -1.61. The monoisotopic (exact) mass is 444 g/mol. The molecule has 0 spiro atoms. The quantitative estimate of drug-likeness (QED) is 0.616. The fourth-order valence-corrected chi connectivity index (χ4v) is 3.58. The van der Waals surface area contributed by atoms with Gasteiger partial charge in [0.05, 0.1) is 34.1 Å². The zero-order valence-electron chi connectivity index (χ0n) is 16.2. The first-order chi connectivity index (χ1) is 14.7. The Morgan fingerprint density at radius 1 is 1.16 bits per heavy atom. The molecule has 4 rings (SSSR count). The van der Waals surface area contributed by atoms with E-state index in [9.17, 15) is 18.0 Å². The van der Waals surface area contributed by atoms with Crippen LogP contribution in [-0.4, -0.2) is 28.4 Å². The number of benzene rings is 2. The van der Waals surface area contributed by atoms with E-state index in [1.807, 2.05) is 30.3 Å². The van der Waals surface area contributed by atoms with Gasteiger partial charge < -0.3 is 5.32 Å². The lowest BCUT2D eigenvalue weighted by atomic mass is 10.00. The molecule has 0 atom stereocenters. The van der Waals surface area contributed by atoms with Crippen molar-refractivity contribution in [2.24, 2.45) is 12.0 Å². The van der Waals surface area contributed by atoms with Gasteiger partial charge >= 0.3 is 6.18 Å². The highest BCUT2D eigenvalue weighted by molar-refractivity contribution is 6.34. The Kier molecular flexibility index (Phi) is 5.41. The van der Waals surface area contributed by atoms with Crippen LogP contribution >= 0.6 is 11.6 Å². The van der Waals surface area contributed by atoms with Gasteiger partial charge in [0.2, 0.25) is 0 Å². The number of carbonyl (C=O) groups excluding carboxylic acids is 1. The summed E-state index contributed by atoms with van der Waals surface area (Å²) in [7, 11) is 1.59. The summed E-state index contributed by atoms with van der Waals surface area (Å²) in [6, 6.07) is 12.7. The van der Waals surface area contributed by atoms with Crippen molar-refractivity contribution < 1.29 is 18.0 Å². The van der Waals surface area contributed by atoms with Crippen LogP contribution in [0, 0.1) is 0 Å². The Hall–Kier alpha value is -3.39. The number of halogens is 4. The molecule has 0 saturated carbocycles. The minimum atomic E-state index is -4.66. The fraction of sp³-hybridized carbons (Fsp3) is 0.136. The fourth-order valence-electron chi connectivity index (χ4n) is 3.33. The van der Waals surface area contributed by atoms with Gasteiger partial charge in [-0.2, -0.15) is 18.3 Å². The number of hydrogen-bond donors (Lipinski definition) is 1. The van der Waals surface area contributed by atoms with Crippen LogP contribution in [0.1, 0.15) is 21.5 Å². The lowest BCUT2D eigenvalue weighted by Gasteiger charge is -2.15. The minimum Gasteiger partial charge on any atom is -0.320 e. The summed E-state index contributed by atoms with van der Waals surface area (Å²) in [5, 5.41) is 6.47. The minimum absolute atomic E-state index is 0.0875. The molecule has 1 aliphatic rings. The molecule has 1 aromatic heterocycles. The molecule has 5 nitrogen and oxygen atoms in total. The molecular weight excluding hydrogens is 429 g/mol. The number of nitrogens with one attached hydrogen (secondary N) is 1. The smallest absolute Gasteiger partial charge is 0.320 e. The second-order valence-electron chi connectivity index (χ2n) is 6.93. The molecule has 31 heavy (non-hydrogen) atoms. The first-order valence-electron chi connectivity index (χ1n) is 9.24. The summed E-state index contributed by atoms with van der Waals surface area (Å²) in [6.45, 7) is 0.388. The van der Waals surface area contributed by atoms with Gasteiger partial charge in [-0.25, -0.2) is 0 Å². The number of amides is 1. The second-order valence-corrected chi connectivity index (χ2v) is 7.34. The van der Waals surface area contributed by atoms with E-state index in [0.29, 0.717) is 12.2 Å². The highest BCUT2D eigenvalue weighted by Gasteiger charge is 2.36. The maximum absolute atomic E-state index is 13.6. The molecule has 0 saturated heterocycles. The van der Waals surface area contributed by atoms with Crippen molar-refractivity contribution in [2.75, 3.05) is 6.54 Å². The van der Waals surface area contributed by atoms with Gasteiger partial charge in [0.1, 0.15) is 0 Å². The molecular formula is C22H16ClF3N4O. The van der Waals surface area contributed by atoms with E-state index in [4.69, 9.17) is 11.6 Å². The zero-order valence-corrected chi connectivity index (χ0v) is 17.0. The molecule has 1 N–H and O–H groups in total. The first-order valence-corrected chi connectivity index (χ1v) is 9.62. The van der Waals surface area contributed by atoms with Gasteiger partial charge in [-0.15, -0.1) is 0 Å². The number of carbonyl (C=O) groups is 1. The predicted molar refractivity (Wildman–Crippen MR) is 113 cm³/mol. The van der Waals surface area contributed by atoms with E-state index in [1.54, 1.807) is 7.05 Å². The van der Waals surface area contributed by atoms with Crippen molar-refractivity contribution in [3.8, 4) is 11.3 Å². The van der Waals surface area contributed by atoms with Gasteiger partial charge in [0.25, 0.3) is 5.91 Å². The SMILES string of the molecule is Cn1ccc(-c2cc(C(=O)NC3=C(c4ccccc4)CN=C3)c(Cl)cc2C(F)(F)F)n1. The molecule has 9 heteroatoms. The molecule has 1 amide bonds. The summed E-state index contributed by atoms with van der Waals surface area (Å²) in [5.74, 6) is -0.632. The van der Waals surface area contributed by atoms with Crippen LogP contribution in [0.2, 0.25) is 5.02 Å². The van der Waals surface area contributed by atoms with Crippen LogP contribution in [0.3, 0.4) is 0 Å². The maximum atomic E-state index is 13.6. The molecule has 0 unspecified atom stereocenters. The van der Waals surface area contributed by atoms with E-state index < -0.39 is 17.6 Å². The summed E-state index contributed by atoms with van der Waals surface area (Å²) in [5.41, 5.74) is 0.999. The van der Waals surface area contributed by atoms with Gasteiger partial charge in [0.15, 0.2) is 0 Å². The molecule has 3 aromatic rings. The van der Waals surface area contributed by atoms with Gasteiger partial charge in [-0.05, 0) is 23.8 Å². The third kappa shape index (κ3) is 4.25. The Balaban J connectivity index is 1.74. The van der Waals surface area contributed by atoms with Crippen molar-refractivity contribution in [1.82, 2.24) is 15.1 Å². The number of allylic oxidation sites excluding steroid dienone is 1. The molecule has 158 valence electrons. The molecule has 0 radical (unpaired) electrons. The average Bonchev–Trinajstić information content (AvgIpc) is 3.36. The maximum Gasteiger partial charge on any atom is 0.417 e. The van der Waals surface area contributed by atoms with Crippen molar-refractivity contribution in [3.05, 3.63) is 82.1 Å². The number of nitrogens with zero attached hydrogens (tertiary/aromatic N) is 3. The molecule has 0 aliphatic carbocycles. The topological polar surface area (TPSA) is 59.3 Å². The van der Waals surface area contributed by atoms with Crippen molar-refractivity contribution in [3.63, 3.8) is 0 Å². The normalized spacial score (nSPS) is 13.7. The second kappa shape index (κ2) is 8.03. The average molecular weight is 445 g/mol. The van der Waals surface area contributed by atoms with E-state index in [0.717, 1.165) is 23.3 Å². The first kappa shape index (κ1) is 20.9. The predicted octanol–water partition coefficient (Wildman–Crippen LogP) is 4.98. The lowest BCUT2D eigenvalue weighted by Crippen LogP contribution is -2.24.